The van der Waals surface area contributed by atoms with Gasteiger partial charge in [0.25, 0.3) is 5.91 Å². The van der Waals surface area contributed by atoms with Crippen molar-refractivity contribution in [2.24, 2.45) is 0 Å². The Morgan fingerprint density at radius 1 is 1.47 bits per heavy atom. The van der Waals surface area contributed by atoms with Crippen LogP contribution >= 0.6 is 0 Å². The third-order valence-electron chi connectivity index (χ3n) is 3.32. The molecule has 1 unspecified atom stereocenters. The zero-order valence-corrected chi connectivity index (χ0v) is 10.6. The third kappa shape index (κ3) is 2.50. The predicted molar refractivity (Wildman–Crippen MR) is 71.3 cm³/mol. The van der Waals surface area contributed by atoms with Crippen LogP contribution in [0.25, 0.3) is 0 Å². The van der Waals surface area contributed by atoms with Gasteiger partial charge in [0.15, 0.2) is 6.61 Å². The molecule has 2 aliphatic heterocycles. The molecule has 1 aromatic rings. The largest absolute Gasteiger partial charge is 0.482 e. The van der Waals surface area contributed by atoms with E-state index in [2.05, 4.69) is 5.32 Å². The van der Waals surface area contributed by atoms with Gasteiger partial charge in [-0.05, 0) is 18.2 Å². The lowest BCUT2D eigenvalue weighted by Gasteiger charge is -2.33. The molecule has 0 spiro atoms. The summed E-state index contributed by atoms with van der Waals surface area (Å²) in [4.78, 5) is 13.7. The van der Waals surface area contributed by atoms with Crippen LogP contribution in [0.1, 0.15) is 0 Å². The van der Waals surface area contributed by atoms with Crippen LogP contribution < -0.4 is 20.7 Å². The number of hydrogen-bond donors (Lipinski definition) is 2. The van der Waals surface area contributed by atoms with Crippen molar-refractivity contribution in [3.63, 3.8) is 0 Å². The normalized spacial score (nSPS) is 22.8. The molecule has 2 heterocycles. The molecule has 6 heteroatoms. The molecule has 1 fully saturated rings. The van der Waals surface area contributed by atoms with E-state index in [1.165, 1.54) is 0 Å². The van der Waals surface area contributed by atoms with Gasteiger partial charge in [-0.25, -0.2) is 0 Å². The summed E-state index contributed by atoms with van der Waals surface area (Å²) in [5, 5.41) is 3.26. The van der Waals surface area contributed by atoms with Gasteiger partial charge in [0.05, 0.1) is 24.9 Å². The van der Waals surface area contributed by atoms with Gasteiger partial charge in [0, 0.05) is 18.8 Å². The van der Waals surface area contributed by atoms with Gasteiger partial charge in [-0.15, -0.1) is 0 Å². The van der Waals surface area contributed by atoms with E-state index in [1.807, 2.05) is 0 Å². The number of carbonyl (C=O) groups is 1. The minimum Gasteiger partial charge on any atom is -0.482 e. The fraction of sp³-hybridized carbons (Fsp3) is 0.462. The van der Waals surface area contributed by atoms with Crippen LogP contribution in [-0.2, 0) is 9.53 Å². The molecule has 3 rings (SSSR count). The zero-order valence-electron chi connectivity index (χ0n) is 10.6. The van der Waals surface area contributed by atoms with Crippen molar-refractivity contribution in [2.75, 3.05) is 43.5 Å². The van der Waals surface area contributed by atoms with Crippen molar-refractivity contribution < 1.29 is 14.3 Å². The van der Waals surface area contributed by atoms with Crippen molar-refractivity contribution >= 4 is 17.3 Å². The Kier molecular flexibility index (Phi) is 3.27. The number of fused-ring (bicyclic) bond motifs is 1. The minimum atomic E-state index is -0.0627. The van der Waals surface area contributed by atoms with E-state index < -0.39 is 0 Å². The first kappa shape index (κ1) is 12.3. The van der Waals surface area contributed by atoms with Crippen LogP contribution in [0.5, 0.6) is 5.75 Å². The van der Waals surface area contributed by atoms with Crippen molar-refractivity contribution in [1.29, 1.82) is 0 Å². The molecule has 0 saturated carbocycles. The summed E-state index contributed by atoms with van der Waals surface area (Å²) in [7, 11) is 0. The molecule has 0 aliphatic carbocycles. The van der Waals surface area contributed by atoms with E-state index in [9.17, 15) is 4.79 Å². The molecule has 6 nitrogen and oxygen atoms in total. The first-order valence-corrected chi connectivity index (χ1v) is 6.39. The highest BCUT2D eigenvalue weighted by molar-refractivity contribution is 5.98. The number of nitrogen functional groups attached to an aromatic ring is 1. The maximum Gasteiger partial charge on any atom is 0.265 e. The van der Waals surface area contributed by atoms with Crippen LogP contribution in [-0.4, -0.2) is 44.9 Å². The fourth-order valence-electron chi connectivity index (χ4n) is 2.36. The average Bonchev–Trinajstić information content (AvgIpc) is 2.43. The van der Waals surface area contributed by atoms with Crippen molar-refractivity contribution in [3.05, 3.63) is 18.2 Å². The number of anilines is 2. The van der Waals surface area contributed by atoms with Crippen molar-refractivity contribution in [3.8, 4) is 5.75 Å². The molecule has 1 atom stereocenters. The van der Waals surface area contributed by atoms with Crippen LogP contribution in [0.3, 0.4) is 0 Å². The molecule has 3 N–H and O–H groups in total. The number of rotatable bonds is 2. The smallest absolute Gasteiger partial charge is 0.265 e. The van der Waals surface area contributed by atoms with E-state index in [0.717, 1.165) is 18.8 Å². The van der Waals surface area contributed by atoms with E-state index in [1.54, 1.807) is 23.1 Å². The second-order valence-corrected chi connectivity index (χ2v) is 4.72. The van der Waals surface area contributed by atoms with Gasteiger partial charge in [-0.2, -0.15) is 0 Å². The van der Waals surface area contributed by atoms with E-state index in [4.69, 9.17) is 15.2 Å². The third-order valence-corrected chi connectivity index (χ3v) is 3.32. The van der Waals surface area contributed by atoms with Gasteiger partial charge in [-0.1, -0.05) is 0 Å². The summed E-state index contributed by atoms with van der Waals surface area (Å²) in [6.45, 7) is 2.87. The van der Waals surface area contributed by atoms with Crippen molar-refractivity contribution in [1.82, 2.24) is 5.32 Å². The summed E-state index contributed by atoms with van der Waals surface area (Å²) in [5.74, 6) is 0.629. The number of ether oxygens (including phenoxy) is 2. The van der Waals surface area contributed by atoms with Crippen molar-refractivity contribution in [2.45, 2.75) is 6.10 Å². The SMILES string of the molecule is Nc1ccc2c(c1)N(CC1CNCCO1)C(=O)CO2. The molecule has 0 bridgehead atoms. The van der Waals surface area contributed by atoms with Crippen LogP contribution in [0.15, 0.2) is 18.2 Å². The lowest BCUT2D eigenvalue weighted by molar-refractivity contribution is -0.121. The monoisotopic (exact) mass is 263 g/mol. The molecule has 1 aromatic carbocycles. The Hall–Kier alpha value is -1.79. The zero-order chi connectivity index (χ0) is 13.2. The highest BCUT2D eigenvalue weighted by Gasteiger charge is 2.28. The van der Waals surface area contributed by atoms with Gasteiger partial charge in [0.1, 0.15) is 5.75 Å². The molecular formula is C13H17N3O3. The lowest BCUT2D eigenvalue weighted by Crippen LogP contribution is -2.49. The van der Waals surface area contributed by atoms with E-state index >= 15 is 0 Å². The number of hydrogen-bond acceptors (Lipinski definition) is 5. The summed E-state index contributed by atoms with van der Waals surface area (Å²) < 4.78 is 11.1. The predicted octanol–water partition coefficient (Wildman–Crippen LogP) is -0.0174. The van der Waals surface area contributed by atoms with Gasteiger partial charge in [-0.3, -0.25) is 4.79 Å². The fourth-order valence-corrected chi connectivity index (χ4v) is 2.36. The quantitative estimate of drug-likeness (QED) is 0.733. The Balaban J connectivity index is 1.83. The number of nitrogens with zero attached hydrogens (tertiary/aromatic N) is 1. The van der Waals surface area contributed by atoms with Gasteiger partial charge < -0.3 is 25.4 Å². The number of nitrogens with two attached hydrogens (primary N) is 1. The summed E-state index contributed by atoms with van der Waals surface area (Å²) in [6.07, 6.45) is 0.00470. The number of nitrogens with one attached hydrogen (secondary N) is 1. The topological polar surface area (TPSA) is 76.8 Å². The molecule has 19 heavy (non-hydrogen) atoms. The average molecular weight is 263 g/mol. The Bertz CT molecular complexity index is 486. The Morgan fingerprint density at radius 2 is 2.37 bits per heavy atom. The lowest BCUT2D eigenvalue weighted by atomic mass is 10.2. The van der Waals surface area contributed by atoms with E-state index in [-0.39, 0.29) is 18.6 Å². The first-order valence-electron chi connectivity index (χ1n) is 6.39. The number of benzene rings is 1. The number of morpholine rings is 1. The standard InChI is InChI=1S/C13H17N3O3/c14-9-1-2-12-11(5-9)16(13(17)8-19-12)7-10-6-15-3-4-18-10/h1-2,5,10,15H,3-4,6-8,14H2. The summed E-state index contributed by atoms with van der Waals surface area (Å²) >= 11 is 0. The summed E-state index contributed by atoms with van der Waals surface area (Å²) in [5.41, 5.74) is 7.13. The highest BCUT2D eigenvalue weighted by atomic mass is 16.5. The molecule has 102 valence electrons. The maximum absolute atomic E-state index is 12.0. The van der Waals surface area contributed by atoms with Gasteiger partial charge in [0.2, 0.25) is 0 Å². The molecule has 1 saturated heterocycles. The van der Waals surface area contributed by atoms with E-state index in [0.29, 0.717) is 24.6 Å². The van der Waals surface area contributed by atoms with Crippen LogP contribution in [0.4, 0.5) is 11.4 Å². The molecule has 2 aliphatic rings. The van der Waals surface area contributed by atoms with Crippen LogP contribution in [0, 0.1) is 0 Å². The second kappa shape index (κ2) is 5.07. The second-order valence-electron chi connectivity index (χ2n) is 4.72. The molecule has 0 radical (unpaired) electrons. The molecular weight excluding hydrogens is 246 g/mol. The number of carbonyl (C=O) groups excluding carboxylic acids is 1. The first-order chi connectivity index (χ1) is 9.24. The minimum absolute atomic E-state index is 0.00470. The summed E-state index contributed by atoms with van der Waals surface area (Å²) in [6, 6.07) is 5.33. The van der Waals surface area contributed by atoms with Crippen LogP contribution in [0.2, 0.25) is 0 Å². The molecule has 0 aromatic heterocycles. The number of amides is 1. The Labute approximate surface area is 111 Å². The highest BCUT2D eigenvalue weighted by Crippen LogP contribution is 2.33. The van der Waals surface area contributed by atoms with Gasteiger partial charge >= 0.3 is 0 Å². The maximum atomic E-state index is 12.0. The molecule has 1 amide bonds. The Morgan fingerprint density at radius 3 is 3.16 bits per heavy atom.